The second-order valence-electron chi connectivity index (χ2n) is 7.09. The molecule has 1 atom stereocenters. The number of hydrogen-bond donors (Lipinski definition) is 1. The monoisotopic (exact) mass is 450 g/mol. The zero-order chi connectivity index (χ0) is 22.1. The van der Waals surface area contributed by atoms with Crippen LogP contribution in [0.5, 0.6) is 5.75 Å². The van der Waals surface area contributed by atoms with Crippen LogP contribution in [0.15, 0.2) is 42.5 Å². The van der Waals surface area contributed by atoms with Gasteiger partial charge in [0.05, 0.1) is 5.02 Å². The van der Waals surface area contributed by atoms with Gasteiger partial charge < -0.3 is 15.0 Å². The molecule has 30 heavy (non-hydrogen) atoms. The van der Waals surface area contributed by atoms with Gasteiger partial charge in [-0.15, -0.1) is 0 Å². The third kappa shape index (κ3) is 6.92. The molecule has 2 rings (SSSR count). The molecule has 0 aromatic heterocycles. The summed E-state index contributed by atoms with van der Waals surface area (Å²) in [5, 5.41) is 3.71. The highest BCUT2D eigenvalue weighted by Gasteiger charge is 2.28. The summed E-state index contributed by atoms with van der Waals surface area (Å²) in [4.78, 5) is 27.4. The van der Waals surface area contributed by atoms with E-state index in [9.17, 15) is 9.59 Å². The average molecular weight is 451 g/mol. The summed E-state index contributed by atoms with van der Waals surface area (Å²) in [6.45, 7) is 6.52. The van der Waals surface area contributed by atoms with Crippen LogP contribution in [0.4, 0.5) is 0 Å². The van der Waals surface area contributed by atoms with Crippen molar-refractivity contribution in [3.05, 3.63) is 63.6 Å². The van der Waals surface area contributed by atoms with Crippen LogP contribution >= 0.6 is 23.2 Å². The van der Waals surface area contributed by atoms with E-state index in [0.29, 0.717) is 35.3 Å². The predicted octanol–water partition coefficient (Wildman–Crippen LogP) is 5.01. The van der Waals surface area contributed by atoms with Crippen molar-refractivity contribution in [1.29, 1.82) is 0 Å². The number of aryl methyl sites for hydroxylation is 1. The number of nitrogens with zero attached hydrogens (tertiary/aromatic N) is 1. The van der Waals surface area contributed by atoms with Gasteiger partial charge in [0.1, 0.15) is 11.8 Å². The lowest BCUT2D eigenvalue weighted by molar-refractivity contribution is -0.143. The van der Waals surface area contributed by atoms with E-state index in [1.165, 1.54) is 0 Å². The zero-order valence-corrected chi connectivity index (χ0v) is 19.1. The summed E-state index contributed by atoms with van der Waals surface area (Å²) in [5.74, 6) is -0.0840. The van der Waals surface area contributed by atoms with Crippen LogP contribution in [-0.2, 0) is 16.1 Å². The number of hydrogen-bond acceptors (Lipinski definition) is 3. The Balaban J connectivity index is 2.21. The van der Waals surface area contributed by atoms with Gasteiger partial charge in [0, 0.05) is 18.1 Å². The third-order valence-electron chi connectivity index (χ3n) is 4.62. The first-order valence-electron chi connectivity index (χ1n) is 10.1. The maximum absolute atomic E-state index is 13.1. The van der Waals surface area contributed by atoms with Crippen molar-refractivity contribution in [2.45, 2.75) is 46.2 Å². The molecule has 0 aliphatic carbocycles. The second-order valence-corrected chi connectivity index (χ2v) is 7.93. The number of benzene rings is 2. The minimum atomic E-state index is -0.589. The standard InChI is InChI=1S/C23H28Cl2N2O3/c1-4-11-26-23(29)20(5-2)27(14-17-8-6-7-16(3)12-17)22(28)15-30-21-10-9-18(24)13-19(21)25/h6-10,12-13,20H,4-5,11,14-15H2,1-3H3,(H,26,29). The number of amides is 2. The zero-order valence-electron chi connectivity index (χ0n) is 17.6. The lowest BCUT2D eigenvalue weighted by atomic mass is 10.1. The van der Waals surface area contributed by atoms with Gasteiger partial charge >= 0.3 is 0 Å². The molecule has 0 saturated heterocycles. The summed E-state index contributed by atoms with van der Waals surface area (Å²) in [6.07, 6.45) is 1.32. The summed E-state index contributed by atoms with van der Waals surface area (Å²) in [7, 11) is 0. The smallest absolute Gasteiger partial charge is 0.261 e. The van der Waals surface area contributed by atoms with Gasteiger partial charge in [-0.3, -0.25) is 9.59 Å². The SMILES string of the molecule is CCCNC(=O)C(CC)N(Cc1cccc(C)c1)C(=O)COc1ccc(Cl)cc1Cl. The normalized spacial score (nSPS) is 11.6. The maximum Gasteiger partial charge on any atom is 0.261 e. The van der Waals surface area contributed by atoms with E-state index in [4.69, 9.17) is 27.9 Å². The molecular weight excluding hydrogens is 423 g/mol. The van der Waals surface area contributed by atoms with Crippen LogP contribution < -0.4 is 10.1 Å². The van der Waals surface area contributed by atoms with Crippen LogP contribution in [0.1, 0.15) is 37.8 Å². The van der Waals surface area contributed by atoms with Crippen LogP contribution in [0.3, 0.4) is 0 Å². The van der Waals surface area contributed by atoms with Crippen molar-refractivity contribution in [3.8, 4) is 5.75 Å². The van der Waals surface area contributed by atoms with E-state index in [2.05, 4.69) is 5.32 Å². The molecule has 0 fully saturated rings. The minimum Gasteiger partial charge on any atom is -0.482 e. The van der Waals surface area contributed by atoms with Gasteiger partial charge in [-0.05, 0) is 43.5 Å². The van der Waals surface area contributed by atoms with E-state index in [0.717, 1.165) is 17.5 Å². The fourth-order valence-electron chi connectivity index (χ4n) is 3.11. The first-order chi connectivity index (χ1) is 14.3. The highest BCUT2D eigenvalue weighted by molar-refractivity contribution is 6.35. The maximum atomic E-state index is 13.1. The molecule has 2 aromatic carbocycles. The Morgan fingerprint density at radius 1 is 1.13 bits per heavy atom. The molecule has 0 aliphatic heterocycles. The summed E-state index contributed by atoms with van der Waals surface area (Å²) < 4.78 is 5.64. The Bertz CT molecular complexity index is 873. The molecule has 0 radical (unpaired) electrons. The molecule has 0 heterocycles. The Hall–Kier alpha value is -2.24. The fourth-order valence-corrected chi connectivity index (χ4v) is 3.57. The van der Waals surface area contributed by atoms with Crippen molar-refractivity contribution >= 4 is 35.0 Å². The van der Waals surface area contributed by atoms with Gasteiger partial charge in [0.25, 0.3) is 5.91 Å². The molecule has 0 aliphatic rings. The van der Waals surface area contributed by atoms with Crippen LogP contribution in [0.25, 0.3) is 0 Å². The van der Waals surface area contributed by atoms with Crippen molar-refractivity contribution in [3.63, 3.8) is 0 Å². The van der Waals surface area contributed by atoms with Crippen molar-refractivity contribution in [1.82, 2.24) is 10.2 Å². The number of halogens is 2. The highest BCUT2D eigenvalue weighted by atomic mass is 35.5. The van der Waals surface area contributed by atoms with Crippen LogP contribution in [0, 0.1) is 6.92 Å². The predicted molar refractivity (Wildman–Crippen MR) is 121 cm³/mol. The first kappa shape index (κ1) is 24.0. The minimum absolute atomic E-state index is 0.162. The van der Waals surface area contributed by atoms with Gasteiger partial charge in [0.2, 0.25) is 5.91 Å². The highest BCUT2D eigenvalue weighted by Crippen LogP contribution is 2.27. The molecule has 5 nitrogen and oxygen atoms in total. The van der Waals surface area contributed by atoms with Crippen molar-refractivity contribution in [2.24, 2.45) is 0 Å². The van der Waals surface area contributed by atoms with Gasteiger partial charge in [-0.1, -0.05) is 66.9 Å². The van der Waals surface area contributed by atoms with E-state index in [1.54, 1.807) is 23.1 Å². The van der Waals surface area contributed by atoms with Gasteiger partial charge in [-0.25, -0.2) is 0 Å². The Morgan fingerprint density at radius 2 is 1.90 bits per heavy atom. The molecule has 1 unspecified atom stereocenters. The summed E-state index contributed by atoms with van der Waals surface area (Å²) >= 11 is 12.0. The lowest BCUT2D eigenvalue weighted by Gasteiger charge is -2.30. The first-order valence-corrected chi connectivity index (χ1v) is 10.8. The van der Waals surface area contributed by atoms with Gasteiger partial charge in [-0.2, -0.15) is 0 Å². The average Bonchev–Trinajstić information content (AvgIpc) is 2.71. The molecule has 2 aromatic rings. The number of nitrogens with one attached hydrogen (secondary N) is 1. The second kappa shape index (κ2) is 11.8. The van der Waals surface area contributed by atoms with Crippen LogP contribution in [0.2, 0.25) is 10.0 Å². The van der Waals surface area contributed by atoms with E-state index in [1.807, 2.05) is 45.0 Å². The summed E-state index contributed by atoms with van der Waals surface area (Å²) in [6, 6.07) is 12.1. The number of carbonyl (C=O) groups is 2. The number of ether oxygens (including phenoxy) is 1. The van der Waals surface area contributed by atoms with E-state index >= 15 is 0 Å². The Morgan fingerprint density at radius 3 is 2.53 bits per heavy atom. The Kier molecular flexibility index (Phi) is 9.47. The Labute approximate surface area is 188 Å². The molecule has 162 valence electrons. The fraction of sp³-hybridized carbons (Fsp3) is 0.391. The molecule has 7 heteroatoms. The molecule has 1 N–H and O–H groups in total. The molecule has 0 saturated carbocycles. The quantitative estimate of drug-likeness (QED) is 0.552. The van der Waals surface area contributed by atoms with Crippen molar-refractivity contribution < 1.29 is 14.3 Å². The largest absolute Gasteiger partial charge is 0.482 e. The van der Waals surface area contributed by atoms with Crippen LogP contribution in [-0.4, -0.2) is 35.9 Å². The van der Waals surface area contributed by atoms with E-state index in [-0.39, 0.29) is 18.4 Å². The molecule has 2 amide bonds. The van der Waals surface area contributed by atoms with Gasteiger partial charge in [0.15, 0.2) is 6.61 Å². The number of carbonyl (C=O) groups excluding carboxylic acids is 2. The van der Waals surface area contributed by atoms with E-state index < -0.39 is 6.04 Å². The molecule has 0 spiro atoms. The third-order valence-corrected chi connectivity index (χ3v) is 5.15. The lowest BCUT2D eigenvalue weighted by Crippen LogP contribution is -2.50. The number of rotatable bonds is 10. The van der Waals surface area contributed by atoms with Crippen molar-refractivity contribution in [2.75, 3.05) is 13.2 Å². The molecular formula is C23H28Cl2N2O3. The molecule has 0 bridgehead atoms. The topological polar surface area (TPSA) is 58.6 Å². The summed E-state index contributed by atoms with van der Waals surface area (Å²) in [5.41, 5.74) is 2.04.